The van der Waals surface area contributed by atoms with Crippen LogP contribution in [-0.4, -0.2) is 40.2 Å². The van der Waals surface area contributed by atoms with Crippen LogP contribution >= 0.6 is 11.6 Å². The predicted molar refractivity (Wildman–Crippen MR) is 133 cm³/mol. The molecule has 0 spiro atoms. The molecule has 0 aliphatic carbocycles. The molecule has 0 fully saturated rings. The van der Waals surface area contributed by atoms with Crippen LogP contribution in [0.4, 0.5) is 5.69 Å². The molecule has 5 aromatic rings. The summed E-state index contributed by atoms with van der Waals surface area (Å²) in [5.74, 6) is -0.309. The molecule has 11 heteroatoms. The van der Waals surface area contributed by atoms with E-state index in [-0.39, 0.29) is 23.0 Å². The van der Waals surface area contributed by atoms with E-state index in [2.05, 4.69) is 20.2 Å². The van der Waals surface area contributed by atoms with Crippen LogP contribution in [0.5, 0.6) is 5.88 Å². The second kappa shape index (κ2) is 8.64. The monoisotopic (exact) mass is 507 g/mol. The Kier molecular flexibility index (Phi) is 5.62. The van der Waals surface area contributed by atoms with E-state index in [9.17, 15) is 18.3 Å². The number of hydrogen-bond acceptors (Lipinski definition) is 6. The third kappa shape index (κ3) is 4.41. The summed E-state index contributed by atoms with van der Waals surface area (Å²) < 4.78 is 25.3. The van der Waals surface area contributed by atoms with Gasteiger partial charge in [0, 0.05) is 22.2 Å². The number of imidazole rings is 1. The SMILES string of the molecule is CS(=O)(=O)c1ccc(-c2nc3cc(Cl)ccc3n2CC(=O)N=Nc2c(O)[nH]c3ccccc23)cc1. The van der Waals surface area contributed by atoms with E-state index in [1.165, 1.54) is 12.1 Å². The number of aromatic nitrogens is 3. The second-order valence-corrected chi connectivity index (χ2v) is 10.4. The maximum absolute atomic E-state index is 12.8. The molecule has 0 radical (unpaired) electrons. The normalized spacial score (nSPS) is 12.2. The van der Waals surface area contributed by atoms with Crippen molar-refractivity contribution in [1.82, 2.24) is 14.5 Å². The Labute approximate surface area is 204 Å². The first-order chi connectivity index (χ1) is 16.7. The van der Waals surface area contributed by atoms with Gasteiger partial charge in [0.2, 0.25) is 5.88 Å². The Balaban J connectivity index is 1.52. The number of benzene rings is 3. The van der Waals surface area contributed by atoms with Crippen molar-refractivity contribution in [2.45, 2.75) is 11.4 Å². The molecular formula is C24H18ClN5O4S. The number of para-hydroxylation sites is 1. The van der Waals surface area contributed by atoms with Gasteiger partial charge in [0.15, 0.2) is 15.5 Å². The van der Waals surface area contributed by atoms with E-state index in [4.69, 9.17) is 11.6 Å². The summed E-state index contributed by atoms with van der Waals surface area (Å²) in [6.45, 7) is -0.187. The Morgan fingerprint density at radius 2 is 1.86 bits per heavy atom. The molecule has 5 rings (SSSR count). The first-order valence-corrected chi connectivity index (χ1v) is 12.7. The van der Waals surface area contributed by atoms with E-state index in [0.717, 1.165) is 6.26 Å². The summed E-state index contributed by atoms with van der Waals surface area (Å²) in [5.41, 5.74) is 2.68. The first-order valence-electron chi connectivity index (χ1n) is 10.4. The van der Waals surface area contributed by atoms with Crippen LogP contribution in [-0.2, 0) is 21.2 Å². The number of halogens is 1. The van der Waals surface area contributed by atoms with E-state index in [0.29, 0.717) is 38.3 Å². The number of rotatable bonds is 5. The van der Waals surface area contributed by atoms with E-state index < -0.39 is 15.7 Å². The third-order valence-electron chi connectivity index (χ3n) is 5.47. The number of azo groups is 1. The van der Waals surface area contributed by atoms with E-state index >= 15 is 0 Å². The molecule has 2 aromatic heterocycles. The molecule has 35 heavy (non-hydrogen) atoms. The Morgan fingerprint density at radius 1 is 1.11 bits per heavy atom. The summed E-state index contributed by atoms with van der Waals surface area (Å²) in [5, 5.41) is 19.1. The number of aromatic hydroxyl groups is 1. The minimum atomic E-state index is -3.36. The molecule has 9 nitrogen and oxygen atoms in total. The smallest absolute Gasteiger partial charge is 0.284 e. The van der Waals surface area contributed by atoms with Crippen LogP contribution < -0.4 is 0 Å². The van der Waals surface area contributed by atoms with Crippen LogP contribution in [0.1, 0.15) is 0 Å². The number of H-pyrrole nitrogens is 1. The number of amides is 1. The molecule has 0 aliphatic heterocycles. The highest BCUT2D eigenvalue weighted by molar-refractivity contribution is 7.90. The van der Waals surface area contributed by atoms with Crippen molar-refractivity contribution >= 4 is 55.0 Å². The van der Waals surface area contributed by atoms with Crippen LogP contribution in [0.3, 0.4) is 0 Å². The number of carbonyl (C=O) groups is 1. The van der Waals surface area contributed by atoms with Gasteiger partial charge in [-0.25, -0.2) is 13.4 Å². The zero-order chi connectivity index (χ0) is 24.7. The van der Waals surface area contributed by atoms with Crippen LogP contribution in [0, 0.1) is 0 Å². The molecule has 3 aromatic carbocycles. The van der Waals surface area contributed by atoms with Gasteiger partial charge in [-0.15, -0.1) is 10.2 Å². The molecule has 0 bridgehead atoms. The van der Waals surface area contributed by atoms with Crippen LogP contribution in [0.25, 0.3) is 33.3 Å². The van der Waals surface area contributed by atoms with Crippen molar-refractivity contribution in [3.63, 3.8) is 0 Å². The van der Waals surface area contributed by atoms with Gasteiger partial charge in [-0.3, -0.25) is 4.79 Å². The number of hydrogen-bond donors (Lipinski definition) is 2. The summed E-state index contributed by atoms with van der Waals surface area (Å²) >= 11 is 6.13. The zero-order valence-corrected chi connectivity index (χ0v) is 19.9. The van der Waals surface area contributed by atoms with Gasteiger partial charge in [-0.05, 0) is 48.5 Å². The topological polar surface area (TPSA) is 130 Å². The van der Waals surface area contributed by atoms with Gasteiger partial charge in [-0.2, -0.15) is 0 Å². The molecule has 1 amide bonds. The Bertz CT molecular complexity index is 1740. The van der Waals surface area contributed by atoms with Crippen molar-refractivity contribution < 1.29 is 18.3 Å². The summed E-state index contributed by atoms with van der Waals surface area (Å²) in [7, 11) is -3.36. The second-order valence-electron chi connectivity index (χ2n) is 7.91. The van der Waals surface area contributed by atoms with Gasteiger partial charge >= 0.3 is 0 Å². The highest BCUT2D eigenvalue weighted by Crippen LogP contribution is 2.35. The molecule has 0 saturated heterocycles. The highest BCUT2D eigenvalue weighted by atomic mass is 35.5. The molecular weight excluding hydrogens is 490 g/mol. The van der Waals surface area contributed by atoms with Crippen LogP contribution in [0.15, 0.2) is 81.9 Å². The summed E-state index contributed by atoms with van der Waals surface area (Å²) in [6.07, 6.45) is 1.13. The quantitative estimate of drug-likeness (QED) is 0.313. The Morgan fingerprint density at radius 3 is 2.60 bits per heavy atom. The maximum Gasteiger partial charge on any atom is 0.284 e. The number of carbonyl (C=O) groups excluding carboxylic acids is 1. The van der Waals surface area contributed by atoms with Crippen molar-refractivity contribution in [3.05, 3.63) is 71.8 Å². The molecule has 0 unspecified atom stereocenters. The number of nitrogens with zero attached hydrogens (tertiary/aromatic N) is 4. The number of aromatic amines is 1. The fraction of sp³-hybridized carbons (Fsp3) is 0.0833. The van der Waals surface area contributed by atoms with E-state index in [1.807, 2.05) is 6.07 Å². The lowest BCUT2D eigenvalue weighted by atomic mass is 10.2. The minimum absolute atomic E-state index is 0.174. The molecule has 2 heterocycles. The van der Waals surface area contributed by atoms with Gasteiger partial charge in [0.05, 0.1) is 21.4 Å². The minimum Gasteiger partial charge on any atom is -0.493 e. The molecule has 0 saturated carbocycles. The zero-order valence-electron chi connectivity index (χ0n) is 18.3. The summed E-state index contributed by atoms with van der Waals surface area (Å²) in [4.78, 5) is 20.4. The lowest BCUT2D eigenvalue weighted by Crippen LogP contribution is -2.09. The third-order valence-corrected chi connectivity index (χ3v) is 6.83. The molecule has 0 aliphatic rings. The number of nitrogens with one attached hydrogen (secondary N) is 1. The lowest BCUT2D eigenvalue weighted by Gasteiger charge is -2.07. The van der Waals surface area contributed by atoms with Gasteiger partial charge in [0.25, 0.3) is 5.91 Å². The number of sulfone groups is 1. The van der Waals surface area contributed by atoms with Crippen molar-refractivity contribution in [2.75, 3.05) is 6.26 Å². The van der Waals surface area contributed by atoms with Gasteiger partial charge in [0.1, 0.15) is 12.4 Å². The average molecular weight is 508 g/mol. The van der Waals surface area contributed by atoms with Crippen molar-refractivity contribution in [2.24, 2.45) is 10.2 Å². The molecule has 2 N–H and O–H groups in total. The molecule has 0 atom stereocenters. The van der Waals surface area contributed by atoms with Crippen LogP contribution in [0.2, 0.25) is 5.02 Å². The highest BCUT2D eigenvalue weighted by Gasteiger charge is 2.17. The number of fused-ring (bicyclic) bond motifs is 2. The summed E-state index contributed by atoms with van der Waals surface area (Å²) in [6, 6.07) is 18.5. The van der Waals surface area contributed by atoms with Crippen molar-refractivity contribution in [1.29, 1.82) is 0 Å². The maximum atomic E-state index is 12.8. The lowest BCUT2D eigenvalue weighted by molar-refractivity contribution is -0.118. The predicted octanol–water partition coefficient (Wildman–Crippen LogP) is 5.26. The standard InChI is InChI=1S/C24H18ClN5O4S/c1-35(33,34)16-9-6-14(7-10-16)23-26-19-12-15(25)8-11-20(19)30(23)13-21(31)28-29-22-17-4-2-3-5-18(17)27-24(22)32/h2-12,27,32H,13H2,1H3. The van der Waals surface area contributed by atoms with Gasteiger partial charge < -0.3 is 14.7 Å². The van der Waals surface area contributed by atoms with E-state index in [1.54, 1.807) is 53.1 Å². The van der Waals surface area contributed by atoms with Crippen molar-refractivity contribution in [3.8, 4) is 17.3 Å². The largest absolute Gasteiger partial charge is 0.493 e. The fourth-order valence-corrected chi connectivity index (χ4v) is 4.62. The molecule has 176 valence electrons. The fourth-order valence-electron chi connectivity index (χ4n) is 3.82. The van der Waals surface area contributed by atoms with Gasteiger partial charge in [-0.1, -0.05) is 29.8 Å². The Hall–Kier alpha value is -4.02. The average Bonchev–Trinajstić information content (AvgIpc) is 3.33. The first kappa shape index (κ1) is 22.8.